The molecule has 2 aromatic carbocycles. The third kappa shape index (κ3) is 2.55. The van der Waals surface area contributed by atoms with Crippen LogP contribution in [0.15, 0.2) is 48.5 Å². The average molecular weight is 305 g/mol. The van der Waals surface area contributed by atoms with Crippen molar-refractivity contribution in [2.24, 2.45) is 0 Å². The highest BCUT2D eigenvalue weighted by Gasteiger charge is 2.30. The van der Waals surface area contributed by atoms with E-state index in [9.17, 15) is 18.0 Å². The SMILES string of the molecule is O=C(O)c1cc2cc(-c3cccc(C(F)(F)F)c3)ccc2[nH]1. The van der Waals surface area contributed by atoms with Crippen LogP contribution in [0.25, 0.3) is 22.0 Å². The first-order chi connectivity index (χ1) is 10.3. The summed E-state index contributed by atoms with van der Waals surface area (Å²) >= 11 is 0. The van der Waals surface area contributed by atoms with Crippen molar-refractivity contribution in [3.05, 3.63) is 59.8 Å². The monoisotopic (exact) mass is 305 g/mol. The summed E-state index contributed by atoms with van der Waals surface area (Å²) in [6.45, 7) is 0. The van der Waals surface area contributed by atoms with Crippen molar-refractivity contribution in [3.8, 4) is 11.1 Å². The van der Waals surface area contributed by atoms with E-state index in [0.717, 1.165) is 12.1 Å². The summed E-state index contributed by atoms with van der Waals surface area (Å²) in [4.78, 5) is 13.7. The number of rotatable bonds is 2. The summed E-state index contributed by atoms with van der Waals surface area (Å²) in [6, 6.07) is 11.4. The minimum Gasteiger partial charge on any atom is -0.477 e. The van der Waals surface area contributed by atoms with E-state index in [4.69, 9.17) is 5.11 Å². The number of H-pyrrole nitrogens is 1. The standard InChI is InChI=1S/C16H10F3NO2/c17-16(18,19)12-3-1-2-9(7-12)10-4-5-13-11(6-10)8-14(20-13)15(21)22/h1-8,20H,(H,21,22). The van der Waals surface area contributed by atoms with Crippen molar-refractivity contribution in [1.82, 2.24) is 4.98 Å². The normalized spacial score (nSPS) is 11.8. The highest BCUT2D eigenvalue weighted by Crippen LogP contribution is 2.33. The highest BCUT2D eigenvalue weighted by atomic mass is 19.4. The van der Waals surface area contributed by atoms with Gasteiger partial charge in [-0.25, -0.2) is 4.79 Å². The first-order valence-electron chi connectivity index (χ1n) is 6.38. The molecule has 0 fully saturated rings. The smallest absolute Gasteiger partial charge is 0.416 e. The molecule has 2 N–H and O–H groups in total. The van der Waals surface area contributed by atoms with E-state index < -0.39 is 17.7 Å². The second kappa shape index (κ2) is 4.91. The topological polar surface area (TPSA) is 53.1 Å². The molecule has 0 saturated heterocycles. The van der Waals surface area contributed by atoms with Gasteiger partial charge in [0.05, 0.1) is 5.56 Å². The van der Waals surface area contributed by atoms with Crippen LogP contribution in [0, 0.1) is 0 Å². The van der Waals surface area contributed by atoms with Crippen LogP contribution in [0.3, 0.4) is 0 Å². The summed E-state index contributed by atoms with van der Waals surface area (Å²) < 4.78 is 38.3. The lowest BCUT2D eigenvalue weighted by Crippen LogP contribution is -2.04. The number of carbonyl (C=O) groups is 1. The first kappa shape index (κ1) is 14.2. The van der Waals surface area contributed by atoms with Gasteiger partial charge < -0.3 is 10.1 Å². The van der Waals surface area contributed by atoms with Crippen LogP contribution in [0.1, 0.15) is 16.1 Å². The van der Waals surface area contributed by atoms with Gasteiger partial charge in [0.1, 0.15) is 5.69 Å². The number of aromatic amines is 1. The molecule has 0 bridgehead atoms. The van der Waals surface area contributed by atoms with Crippen molar-refractivity contribution in [2.45, 2.75) is 6.18 Å². The zero-order chi connectivity index (χ0) is 15.9. The van der Waals surface area contributed by atoms with Crippen molar-refractivity contribution in [2.75, 3.05) is 0 Å². The molecule has 6 heteroatoms. The van der Waals surface area contributed by atoms with E-state index in [2.05, 4.69) is 4.98 Å². The van der Waals surface area contributed by atoms with Gasteiger partial charge in [0.2, 0.25) is 0 Å². The summed E-state index contributed by atoms with van der Waals surface area (Å²) in [6.07, 6.45) is -4.40. The molecule has 0 atom stereocenters. The molecule has 3 nitrogen and oxygen atoms in total. The van der Waals surface area contributed by atoms with Crippen LogP contribution in [0.5, 0.6) is 0 Å². The Balaban J connectivity index is 2.08. The molecule has 0 radical (unpaired) electrons. The second-order valence-corrected chi connectivity index (χ2v) is 4.87. The van der Waals surface area contributed by atoms with Gasteiger partial charge in [-0.1, -0.05) is 18.2 Å². The molecule has 0 spiro atoms. The number of aromatic nitrogens is 1. The van der Waals surface area contributed by atoms with Crippen LogP contribution in [0.2, 0.25) is 0 Å². The Kier molecular flexibility index (Phi) is 3.16. The largest absolute Gasteiger partial charge is 0.477 e. The summed E-state index contributed by atoms with van der Waals surface area (Å²) in [5, 5.41) is 9.57. The number of fused-ring (bicyclic) bond motifs is 1. The van der Waals surface area contributed by atoms with Gasteiger partial charge in [-0.2, -0.15) is 13.2 Å². The zero-order valence-electron chi connectivity index (χ0n) is 11.1. The minimum atomic E-state index is -4.40. The quantitative estimate of drug-likeness (QED) is 0.729. The summed E-state index contributed by atoms with van der Waals surface area (Å²) in [5.74, 6) is -1.09. The number of carboxylic acids is 1. The molecule has 0 aliphatic heterocycles. The maximum Gasteiger partial charge on any atom is 0.416 e. The second-order valence-electron chi connectivity index (χ2n) is 4.87. The number of alkyl halides is 3. The number of benzene rings is 2. The van der Waals surface area contributed by atoms with Gasteiger partial charge in [-0.3, -0.25) is 0 Å². The van der Waals surface area contributed by atoms with E-state index in [0.29, 0.717) is 22.0 Å². The molecule has 0 amide bonds. The van der Waals surface area contributed by atoms with Crippen LogP contribution < -0.4 is 0 Å². The Morgan fingerprint density at radius 2 is 1.73 bits per heavy atom. The summed E-state index contributed by atoms with van der Waals surface area (Å²) in [7, 11) is 0. The highest BCUT2D eigenvalue weighted by molar-refractivity contribution is 5.95. The van der Waals surface area contributed by atoms with Crippen molar-refractivity contribution in [1.29, 1.82) is 0 Å². The number of aromatic carboxylic acids is 1. The molecule has 0 aliphatic carbocycles. The lowest BCUT2D eigenvalue weighted by molar-refractivity contribution is -0.137. The Labute approximate surface area is 123 Å². The number of hydrogen-bond acceptors (Lipinski definition) is 1. The number of carboxylic acid groups (broad SMARTS) is 1. The fraction of sp³-hybridized carbons (Fsp3) is 0.0625. The molecule has 1 heterocycles. The maximum atomic E-state index is 12.8. The minimum absolute atomic E-state index is 0.0381. The molecule has 112 valence electrons. The van der Waals surface area contributed by atoms with E-state index in [-0.39, 0.29) is 5.69 Å². The van der Waals surface area contributed by atoms with Crippen LogP contribution in [-0.2, 0) is 6.18 Å². The fourth-order valence-electron chi connectivity index (χ4n) is 2.30. The Bertz CT molecular complexity index is 865. The fourth-order valence-corrected chi connectivity index (χ4v) is 2.30. The van der Waals surface area contributed by atoms with Gasteiger partial charge in [0.15, 0.2) is 0 Å². The molecule has 1 aromatic heterocycles. The van der Waals surface area contributed by atoms with Gasteiger partial charge in [0.25, 0.3) is 0 Å². The lowest BCUT2D eigenvalue weighted by atomic mass is 10.0. The van der Waals surface area contributed by atoms with E-state index in [1.54, 1.807) is 24.3 Å². The van der Waals surface area contributed by atoms with Gasteiger partial charge >= 0.3 is 12.1 Å². The van der Waals surface area contributed by atoms with Crippen molar-refractivity contribution >= 4 is 16.9 Å². The predicted octanol–water partition coefficient (Wildman–Crippen LogP) is 4.55. The number of halogens is 3. The van der Waals surface area contributed by atoms with Gasteiger partial charge in [0, 0.05) is 10.9 Å². The van der Waals surface area contributed by atoms with Crippen LogP contribution >= 0.6 is 0 Å². The lowest BCUT2D eigenvalue weighted by Gasteiger charge is -2.09. The number of nitrogens with one attached hydrogen (secondary N) is 1. The number of hydrogen-bond donors (Lipinski definition) is 2. The van der Waals surface area contributed by atoms with Crippen LogP contribution in [0.4, 0.5) is 13.2 Å². The van der Waals surface area contributed by atoms with Crippen molar-refractivity contribution in [3.63, 3.8) is 0 Å². The molecule has 0 saturated carbocycles. The average Bonchev–Trinajstić information content (AvgIpc) is 2.89. The molecule has 22 heavy (non-hydrogen) atoms. The molecular weight excluding hydrogens is 295 g/mol. The van der Waals surface area contributed by atoms with Gasteiger partial charge in [-0.15, -0.1) is 0 Å². The third-order valence-corrected chi connectivity index (χ3v) is 3.37. The van der Waals surface area contributed by atoms with E-state index in [1.807, 2.05) is 0 Å². The summed E-state index contributed by atoms with van der Waals surface area (Å²) in [5.41, 5.74) is 0.957. The molecule has 0 unspecified atom stereocenters. The molecule has 3 rings (SSSR count). The van der Waals surface area contributed by atoms with Crippen LogP contribution in [-0.4, -0.2) is 16.1 Å². The van der Waals surface area contributed by atoms with E-state index >= 15 is 0 Å². The Morgan fingerprint density at radius 1 is 1.00 bits per heavy atom. The van der Waals surface area contributed by atoms with Gasteiger partial charge in [-0.05, 0) is 41.5 Å². The van der Waals surface area contributed by atoms with E-state index in [1.165, 1.54) is 12.1 Å². The predicted molar refractivity (Wildman–Crippen MR) is 75.7 cm³/mol. The molecule has 0 aliphatic rings. The zero-order valence-corrected chi connectivity index (χ0v) is 11.1. The third-order valence-electron chi connectivity index (χ3n) is 3.37. The molecule has 3 aromatic rings. The maximum absolute atomic E-state index is 12.8. The van der Waals surface area contributed by atoms with Crippen molar-refractivity contribution < 1.29 is 23.1 Å². The Morgan fingerprint density at radius 3 is 2.41 bits per heavy atom. The first-order valence-corrected chi connectivity index (χ1v) is 6.38. The molecular formula is C16H10F3NO2. The Hall–Kier alpha value is -2.76.